The molecule has 1 aliphatic heterocycles. The lowest BCUT2D eigenvalue weighted by Gasteiger charge is -2.12. The van der Waals surface area contributed by atoms with Crippen LogP contribution in [0.15, 0.2) is 18.2 Å². The molecule has 1 saturated heterocycles. The normalized spacial score (nSPS) is 19.8. The average molecular weight is 269 g/mol. The summed E-state index contributed by atoms with van der Waals surface area (Å²) in [4.78, 5) is 4.44. The van der Waals surface area contributed by atoms with Gasteiger partial charge in [0.1, 0.15) is 11.6 Å². The van der Waals surface area contributed by atoms with Gasteiger partial charge in [-0.1, -0.05) is 0 Å². The van der Waals surface area contributed by atoms with E-state index in [1.165, 1.54) is 12.1 Å². The number of halogens is 2. The van der Waals surface area contributed by atoms with Crippen LogP contribution in [0.2, 0.25) is 0 Å². The van der Waals surface area contributed by atoms with E-state index in [1.54, 1.807) is 6.07 Å². The Morgan fingerprint density at radius 1 is 1.50 bits per heavy atom. The number of fused-ring (bicyclic) bond motifs is 1. The van der Waals surface area contributed by atoms with E-state index in [-0.39, 0.29) is 5.82 Å². The smallest absolute Gasteiger partial charge is 0.125 e. The monoisotopic (exact) mass is 268 g/mol. The summed E-state index contributed by atoms with van der Waals surface area (Å²) in [5.74, 6) is 1.35. The van der Waals surface area contributed by atoms with Crippen molar-refractivity contribution < 1.29 is 9.13 Å². The summed E-state index contributed by atoms with van der Waals surface area (Å²) in [6.07, 6.45) is 1.04. The Morgan fingerprint density at radius 3 is 3.11 bits per heavy atom. The first-order valence-electron chi connectivity index (χ1n) is 6.06. The standard InChI is InChI=1S/C13H14ClFN2O/c14-6-13-16-11-2-1-10(15)5-12(11)17(13)7-9-3-4-18-8-9/h1-2,5,9H,3-4,6-8H2. The van der Waals surface area contributed by atoms with Crippen LogP contribution in [0.25, 0.3) is 11.0 Å². The summed E-state index contributed by atoms with van der Waals surface area (Å²) in [5, 5.41) is 0. The Morgan fingerprint density at radius 2 is 2.39 bits per heavy atom. The van der Waals surface area contributed by atoms with Crippen molar-refractivity contribution in [2.24, 2.45) is 5.92 Å². The molecule has 3 nitrogen and oxygen atoms in total. The lowest BCUT2D eigenvalue weighted by molar-refractivity contribution is 0.182. The SMILES string of the molecule is Fc1ccc2nc(CCl)n(CC3CCOC3)c2c1. The highest BCUT2D eigenvalue weighted by atomic mass is 35.5. The van der Waals surface area contributed by atoms with Crippen molar-refractivity contribution >= 4 is 22.6 Å². The Balaban J connectivity index is 2.03. The Labute approximate surface area is 110 Å². The van der Waals surface area contributed by atoms with E-state index >= 15 is 0 Å². The third kappa shape index (κ3) is 2.10. The van der Waals surface area contributed by atoms with Crippen molar-refractivity contribution in [2.45, 2.75) is 18.8 Å². The van der Waals surface area contributed by atoms with Gasteiger partial charge in [0.2, 0.25) is 0 Å². The molecule has 1 aromatic carbocycles. The highest BCUT2D eigenvalue weighted by Crippen LogP contribution is 2.23. The molecule has 0 radical (unpaired) electrons. The quantitative estimate of drug-likeness (QED) is 0.801. The molecule has 0 spiro atoms. The molecule has 1 fully saturated rings. The molecule has 1 atom stereocenters. The van der Waals surface area contributed by atoms with E-state index < -0.39 is 0 Å². The largest absolute Gasteiger partial charge is 0.381 e. The summed E-state index contributed by atoms with van der Waals surface area (Å²) in [7, 11) is 0. The minimum atomic E-state index is -0.243. The molecule has 0 amide bonds. The molecule has 18 heavy (non-hydrogen) atoms. The van der Waals surface area contributed by atoms with Crippen LogP contribution in [-0.2, 0) is 17.2 Å². The summed E-state index contributed by atoms with van der Waals surface area (Å²) < 4.78 is 20.7. The van der Waals surface area contributed by atoms with E-state index in [9.17, 15) is 4.39 Å². The number of ether oxygens (including phenoxy) is 1. The lowest BCUT2D eigenvalue weighted by Crippen LogP contribution is -2.12. The molecule has 0 saturated carbocycles. The van der Waals surface area contributed by atoms with E-state index in [0.717, 1.165) is 43.0 Å². The van der Waals surface area contributed by atoms with E-state index in [1.807, 2.05) is 4.57 Å². The second-order valence-corrected chi connectivity index (χ2v) is 4.90. The lowest BCUT2D eigenvalue weighted by atomic mass is 10.1. The summed E-state index contributed by atoms with van der Waals surface area (Å²) in [6.45, 7) is 2.36. The Hall–Kier alpha value is -1.13. The maximum atomic E-state index is 13.3. The van der Waals surface area contributed by atoms with Crippen molar-refractivity contribution in [1.29, 1.82) is 0 Å². The molecule has 1 aromatic heterocycles. The minimum Gasteiger partial charge on any atom is -0.381 e. The van der Waals surface area contributed by atoms with Crippen LogP contribution >= 0.6 is 11.6 Å². The van der Waals surface area contributed by atoms with E-state index in [4.69, 9.17) is 16.3 Å². The van der Waals surface area contributed by atoms with Gasteiger partial charge in [0.15, 0.2) is 0 Å². The first-order valence-corrected chi connectivity index (χ1v) is 6.60. The van der Waals surface area contributed by atoms with Gasteiger partial charge in [-0.25, -0.2) is 9.37 Å². The van der Waals surface area contributed by atoms with Gasteiger partial charge in [-0.15, -0.1) is 11.6 Å². The fraction of sp³-hybridized carbons (Fsp3) is 0.462. The van der Waals surface area contributed by atoms with Gasteiger partial charge < -0.3 is 9.30 Å². The van der Waals surface area contributed by atoms with Gasteiger partial charge in [0.25, 0.3) is 0 Å². The van der Waals surface area contributed by atoms with Gasteiger partial charge >= 0.3 is 0 Å². The van der Waals surface area contributed by atoms with Gasteiger partial charge in [-0.3, -0.25) is 0 Å². The highest BCUT2D eigenvalue weighted by Gasteiger charge is 2.19. The average Bonchev–Trinajstić information content (AvgIpc) is 2.98. The van der Waals surface area contributed by atoms with Crippen molar-refractivity contribution in [3.05, 3.63) is 29.8 Å². The van der Waals surface area contributed by atoms with Gasteiger partial charge in [-0.05, 0) is 24.6 Å². The Bertz CT molecular complexity index is 563. The fourth-order valence-electron chi connectivity index (χ4n) is 2.44. The molecule has 3 rings (SSSR count). The van der Waals surface area contributed by atoms with Gasteiger partial charge in [0, 0.05) is 19.1 Å². The Kier molecular flexibility index (Phi) is 3.22. The number of alkyl halides is 1. The van der Waals surface area contributed by atoms with Crippen molar-refractivity contribution in [3.8, 4) is 0 Å². The first kappa shape index (κ1) is 11.9. The number of hydrogen-bond acceptors (Lipinski definition) is 2. The third-order valence-corrected chi connectivity index (χ3v) is 3.61. The summed E-state index contributed by atoms with van der Waals surface area (Å²) in [5.41, 5.74) is 1.61. The van der Waals surface area contributed by atoms with Crippen LogP contribution < -0.4 is 0 Å². The zero-order chi connectivity index (χ0) is 12.5. The van der Waals surface area contributed by atoms with Crippen LogP contribution in [0, 0.1) is 11.7 Å². The topological polar surface area (TPSA) is 27.1 Å². The number of hydrogen-bond donors (Lipinski definition) is 0. The number of nitrogens with zero attached hydrogens (tertiary/aromatic N) is 2. The van der Waals surface area contributed by atoms with Gasteiger partial charge in [0.05, 0.1) is 23.5 Å². The predicted molar refractivity (Wildman–Crippen MR) is 68.2 cm³/mol. The minimum absolute atomic E-state index is 0.243. The molecule has 96 valence electrons. The molecule has 0 aliphatic carbocycles. The van der Waals surface area contributed by atoms with E-state index in [0.29, 0.717) is 11.8 Å². The van der Waals surface area contributed by atoms with Crippen LogP contribution in [0.5, 0.6) is 0 Å². The zero-order valence-corrected chi connectivity index (χ0v) is 10.7. The maximum absolute atomic E-state index is 13.3. The van der Waals surface area contributed by atoms with Crippen LogP contribution in [-0.4, -0.2) is 22.8 Å². The molecule has 0 N–H and O–H groups in total. The second-order valence-electron chi connectivity index (χ2n) is 4.63. The second kappa shape index (κ2) is 4.86. The molecule has 2 heterocycles. The number of aromatic nitrogens is 2. The molecule has 0 bridgehead atoms. The highest BCUT2D eigenvalue weighted by molar-refractivity contribution is 6.16. The molecule has 1 unspecified atom stereocenters. The first-order chi connectivity index (χ1) is 8.78. The van der Waals surface area contributed by atoms with E-state index in [2.05, 4.69) is 4.98 Å². The number of benzene rings is 1. The number of imidazole rings is 1. The number of rotatable bonds is 3. The summed E-state index contributed by atoms with van der Waals surface area (Å²) in [6, 6.07) is 4.65. The van der Waals surface area contributed by atoms with Crippen LogP contribution in [0.1, 0.15) is 12.2 Å². The van der Waals surface area contributed by atoms with Gasteiger partial charge in [-0.2, -0.15) is 0 Å². The summed E-state index contributed by atoms with van der Waals surface area (Å²) >= 11 is 5.92. The molecular weight excluding hydrogens is 255 g/mol. The maximum Gasteiger partial charge on any atom is 0.125 e. The third-order valence-electron chi connectivity index (χ3n) is 3.37. The van der Waals surface area contributed by atoms with Crippen molar-refractivity contribution in [1.82, 2.24) is 9.55 Å². The molecule has 2 aromatic rings. The fourth-order valence-corrected chi connectivity index (χ4v) is 2.64. The van der Waals surface area contributed by atoms with Crippen LogP contribution in [0.3, 0.4) is 0 Å². The van der Waals surface area contributed by atoms with Crippen molar-refractivity contribution in [2.75, 3.05) is 13.2 Å². The predicted octanol–water partition coefficient (Wildman–Crippen LogP) is 2.95. The molecular formula is C13H14ClFN2O. The zero-order valence-electron chi connectivity index (χ0n) is 9.90. The molecule has 1 aliphatic rings. The van der Waals surface area contributed by atoms with Crippen LogP contribution in [0.4, 0.5) is 4.39 Å². The molecule has 5 heteroatoms. The van der Waals surface area contributed by atoms with Crippen molar-refractivity contribution in [3.63, 3.8) is 0 Å².